The fourth-order valence-electron chi connectivity index (χ4n) is 1.93. The van der Waals surface area contributed by atoms with E-state index in [1.165, 1.54) is 5.56 Å². The second-order valence-corrected chi connectivity index (χ2v) is 4.71. The highest BCUT2D eigenvalue weighted by Crippen LogP contribution is 2.20. The van der Waals surface area contributed by atoms with E-state index in [2.05, 4.69) is 36.8 Å². The number of hydrogen-bond acceptors (Lipinski definition) is 3. The topological polar surface area (TPSA) is 32.6 Å². The zero-order chi connectivity index (χ0) is 11.6. The molecule has 0 bridgehead atoms. The summed E-state index contributed by atoms with van der Waals surface area (Å²) in [4.78, 5) is 0. The molecule has 3 heteroatoms. The average molecular weight is 223 g/mol. The van der Waals surface area contributed by atoms with Gasteiger partial charge in [-0.25, -0.2) is 0 Å². The van der Waals surface area contributed by atoms with Crippen molar-refractivity contribution >= 4 is 18.3 Å². The maximum atomic E-state index is 9.01. The Labute approximate surface area is 96.4 Å². The molecule has 0 fully saturated rings. The number of benzene rings is 1. The van der Waals surface area contributed by atoms with Crippen molar-refractivity contribution in [3.63, 3.8) is 0 Å². The molecule has 0 radical (unpaired) electrons. The van der Waals surface area contributed by atoms with Gasteiger partial charge in [0.25, 0.3) is 0 Å². The van der Waals surface area contributed by atoms with Gasteiger partial charge < -0.3 is 5.21 Å². The van der Waals surface area contributed by atoms with Gasteiger partial charge in [0.15, 0.2) is 0 Å². The van der Waals surface area contributed by atoms with Gasteiger partial charge in [-0.15, -0.1) is 0 Å². The van der Waals surface area contributed by atoms with Crippen molar-refractivity contribution in [2.24, 2.45) is 5.16 Å². The Bertz CT molecular complexity index is 374. The Kier molecular flexibility index (Phi) is 3.80. The molecule has 0 heterocycles. The van der Waals surface area contributed by atoms with E-state index >= 15 is 0 Å². The van der Waals surface area contributed by atoms with Gasteiger partial charge in [0.1, 0.15) is 0 Å². The van der Waals surface area contributed by atoms with E-state index in [0.717, 1.165) is 16.7 Å². The highest BCUT2D eigenvalue weighted by molar-refractivity contribution is 7.81. The maximum Gasteiger partial charge on any atom is 0.0997 e. The second kappa shape index (κ2) is 4.71. The van der Waals surface area contributed by atoms with Crippen LogP contribution in [0.15, 0.2) is 17.3 Å². The molecule has 2 nitrogen and oxygen atoms in total. The molecule has 15 heavy (non-hydrogen) atoms. The molecule has 0 aromatic heterocycles. The number of aryl methyl sites for hydroxylation is 3. The van der Waals surface area contributed by atoms with Gasteiger partial charge in [0, 0.05) is 10.8 Å². The molecule has 1 atom stereocenters. The van der Waals surface area contributed by atoms with Crippen molar-refractivity contribution < 1.29 is 5.21 Å². The lowest BCUT2D eigenvalue weighted by molar-refractivity contribution is 0.318. The lowest BCUT2D eigenvalue weighted by atomic mass is 9.95. The average Bonchev–Trinajstić information content (AvgIpc) is 2.09. The number of oxime groups is 1. The Morgan fingerprint density at radius 2 is 1.73 bits per heavy atom. The fraction of sp³-hybridized carbons (Fsp3) is 0.417. The molecular weight excluding hydrogens is 206 g/mol. The van der Waals surface area contributed by atoms with E-state index in [-0.39, 0.29) is 5.25 Å². The summed E-state index contributed by atoms with van der Waals surface area (Å²) in [6, 6.07) is 4.17. The fourth-order valence-corrected chi connectivity index (χ4v) is 2.11. The summed E-state index contributed by atoms with van der Waals surface area (Å²) in [6.07, 6.45) is 0. The molecule has 1 aromatic carbocycles. The monoisotopic (exact) mass is 223 g/mol. The summed E-state index contributed by atoms with van der Waals surface area (Å²) < 4.78 is 0. The van der Waals surface area contributed by atoms with E-state index in [0.29, 0.717) is 5.71 Å². The third kappa shape index (κ3) is 2.53. The zero-order valence-electron chi connectivity index (χ0n) is 9.57. The Hall–Kier alpha value is -0.960. The maximum absolute atomic E-state index is 9.01. The molecule has 0 aliphatic heterocycles. The minimum atomic E-state index is -0.0740. The van der Waals surface area contributed by atoms with Crippen molar-refractivity contribution in [2.45, 2.75) is 32.9 Å². The molecule has 1 rings (SSSR count). The molecular formula is C12H17NOS. The first kappa shape index (κ1) is 12.1. The van der Waals surface area contributed by atoms with Crippen molar-refractivity contribution in [3.05, 3.63) is 34.4 Å². The van der Waals surface area contributed by atoms with Crippen LogP contribution in [0.1, 0.15) is 29.2 Å². The molecule has 82 valence electrons. The van der Waals surface area contributed by atoms with E-state index in [9.17, 15) is 0 Å². The first-order valence-corrected chi connectivity index (χ1v) is 5.47. The normalized spacial score (nSPS) is 14.1. The predicted molar refractivity (Wildman–Crippen MR) is 67.4 cm³/mol. The van der Waals surface area contributed by atoms with Crippen molar-refractivity contribution in [3.8, 4) is 0 Å². The summed E-state index contributed by atoms with van der Waals surface area (Å²) >= 11 is 4.31. The van der Waals surface area contributed by atoms with Crippen LogP contribution in [0.2, 0.25) is 0 Å². The summed E-state index contributed by atoms with van der Waals surface area (Å²) in [6.45, 7) is 8.01. The summed E-state index contributed by atoms with van der Waals surface area (Å²) in [7, 11) is 0. The minimum absolute atomic E-state index is 0.0740. The number of nitrogens with zero attached hydrogens (tertiary/aromatic N) is 1. The van der Waals surface area contributed by atoms with Gasteiger partial charge in [-0.2, -0.15) is 12.6 Å². The minimum Gasteiger partial charge on any atom is -0.411 e. The van der Waals surface area contributed by atoms with Crippen LogP contribution in [0, 0.1) is 20.8 Å². The molecule has 0 saturated heterocycles. The van der Waals surface area contributed by atoms with Gasteiger partial charge in [-0.05, 0) is 38.8 Å². The third-order valence-corrected chi connectivity index (χ3v) is 2.68. The van der Waals surface area contributed by atoms with E-state index in [1.54, 1.807) is 0 Å². The first-order valence-electron chi connectivity index (χ1n) is 4.95. The highest BCUT2D eigenvalue weighted by Gasteiger charge is 2.15. The molecule has 0 saturated carbocycles. The van der Waals surface area contributed by atoms with Gasteiger partial charge in [0.2, 0.25) is 0 Å². The van der Waals surface area contributed by atoms with Crippen LogP contribution in [0.25, 0.3) is 0 Å². The zero-order valence-corrected chi connectivity index (χ0v) is 10.5. The van der Waals surface area contributed by atoms with Gasteiger partial charge in [-0.3, -0.25) is 0 Å². The van der Waals surface area contributed by atoms with Crippen LogP contribution in [0.3, 0.4) is 0 Å². The van der Waals surface area contributed by atoms with Crippen LogP contribution < -0.4 is 0 Å². The van der Waals surface area contributed by atoms with Gasteiger partial charge >= 0.3 is 0 Å². The second-order valence-electron chi connectivity index (χ2n) is 3.93. The summed E-state index contributed by atoms with van der Waals surface area (Å²) in [5.74, 6) is 0. The van der Waals surface area contributed by atoms with Crippen LogP contribution >= 0.6 is 12.6 Å². The Morgan fingerprint density at radius 3 is 2.07 bits per heavy atom. The third-order valence-electron chi connectivity index (χ3n) is 2.44. The Morgan fingerprint density at radius 1 is 1.27 bits per heavy atom. The standard InChI is InChI=1S/C12H17NOS/c1-7-5-8(2)11(9(3)6-7)12(13-14)10(4)15/h5-6,10,14-15H,1-4H3/b13-12+. The first-order chi connectivity index (χ1) is 6.97. The summed E-state index contributed by atoms with van der Waals surface area (Å²) in [5.41, 5.74) is 5.11. The predicted octanol–water partition coefficient (Wildman–Crippen LogP) is 3.11. The molecule has 0 aliphatic carbocycles. The lowest BCUT2D eigenvalue weighted by Crippen LogP contribution is -2.15. The van der Waals surface area contributed by atoms with Crippen molar-refractivity contribution in [1.29, 1.82) is 0 Å². The highest BCUT2D eigenvalue weighted by atomic mass is 32.1. The lowest BCUT2D eigenvalue weighted by Gasteiger charge is -2.14. The van der Waals surface area contributed by atoms with Gasteiger partial charge in [-0.1, -0.05) is 22.9 Å². The largest absolute Gasteiger partial charge is 0.411 e. The molecule has 1 unspecified atom stereocenters. The van der Waals surface area contributed by atoms with E-state index < -0.39 is 0 Å². The molecule has 0 amide bonds. The van der Waals surface area contributed by atoms with Crippen molar-refractivity contribution in [1.82, 2.24) is 0 Å². The van der Waals surface area contributed by atoms with Crippen molar-refractivity contribution in [2.75, 3.05) is 0 Å². The van der Waals surface area contributed by atoms with E-state index in [4.69, 9.17) is 5.21 Å². The Balaban J connectivity index is 3.37. The summed E-state index contributed by atoms with van der Waals surface area (Å²) in [5, 5.41) is 12.3. The van der Waals surface area contributed by atoms with Crippen LogP contribution in [0.5, 0.6) is 0 Å². The molecule has 1 N–H and O–H groups in total. The van der Waals surface area contributed by atoms with Crippen LogP contribution in [-0.4, -0.2) is 16.2 Å². The van der Waals surface area contributed by atoms with Gasteiger partial charge in [0.05, 0.1) is 5.71 Å². The quantitative estimate of drug-likeness (QED) is 0.343. The molecule has 0 aliphatic rings. The SMILES string of the molecule is Cc1cc(C)c(/C(=N/O)C(C)S)c(C)c1. The number of hydrogen-bond donors (Lipinski definition) is 2. The van der Waals surface area contributed by atoms with E-state index in [1.807, 2.05) is 20.8 Å². The van der Waals surface area contributed by atoms with Crippen LogP contribution in [0.4, 0.5) is 0 Å². The van der Waals surface area contributed by atoms with Crippen LogP contribution in [-0.2, 0) is 0 Å². The molecule has 0 spiro atoms. The molecule has 1 aromatic rings. The number of thiol groups is 1. The smallest absolute Gasteiger partial charge is 0.0997 e. The number of rotatable bonds is 2.